The normalized spacial score (nSPS) is 11.2. The lowest BCUT2D eigenvalue weighted by Gasteiger charge is -2.03. The molecule has 0 bridgehead atoms. The van der Waals surface area contributed by atoms with Gasteiger partial charge in [0.15, 0.2) is 6.07 Å². The predicted molar refractivity (Wildman–Crippen MR) is 27.5 cm³/mol. The van der Waals surface area contributed by atoms with Gasteiger partial charge in [0.1, 0.15) is 6.42 Å². The van der Waals surface area contributed by atoms with Crippen molar-refractivity contribution in [3.05, 3.63) is 0 Å². The molecule has 0 N–H and O–H groups in total. The number of hydrogen-bond acceptors (Lipinski definition) is 2. The molecule has 0 amide bonds. The molecule has 0 fully saturated rings. The van der Waals surface area contributed by atoms with E-state index in [2.05, 4.69) is 4.74 Å². The summed E-state index contributed by atoms with van der Waals surface area (Å²) in [5.41, 5.74) is 0. The van der Waals surface area contributed by atoms with Gasteiger partial charge < -0.3 is 4.74 Å². The maximum atomic E-state index is 11.3. The highest BCUT2D eigenvalue weighted by Crippen LogP contribution is 2.19. The molecular formula is C4H4ClF3O2. The second kappa shape index (κ2) is 3.65. The summed E-state index contributed by atoms with van der Waals surface area (Å²) in [5, 5.41) is 0. The summed E-state index contributed by atoms with van der Waals surface area (Å²) in [7, 11) is 0. The lowest BCUT2D eigenvalue weighted by atomic mass is 10.4. The average molecular weight is 177 g/mol. The standard InChI is InChI=1S/C4H4ClF3O2/c5-2-10-3(9)1-4(6,7)8/h1-2H2. The molecule has 0 aromatic heterocycles. The molecular weight excluding hydrogens is 172 g/mol. The highest BCUT2D eigenvalue weighted by atomic mass is 35.5. The maximum absolute atomic E-state index is 11.3. The Morgan fingerprint density at radius 3 is 2.30 bits per heavy atom. The molecule has 0 saturated heterocycles. The Balaban J connectivity index is 3.58. The van der Waals surface area contributed by atoms with Crippen molar-refractivity contribution in [3.63, 3.8) is 0 Å². The lowest BCUT2D eigenvalue weighted by molar-refractivity contribution is -0.169. The molecule has 0 radical (unpaired) electrons. The van der Waals surface area contributed by atoms with Gasteiger partial charge in [0, 0.05) is 0 Å². The topological polar surface area (TPSA) is 26.3 Å². The molecule has 0 aliphatic carbocycles. The van der Waals surface area contributed by atoms with Gasteiger partial charge in [0.2, 0.25) is 0 Å². The van der Waals surface area contributed by atoms with Gasteiger partial charge in [-0.3, -0.25) is 4.79 Å². The fourth-order valence-corrected chi connectivity index (χ4v) is 0.397. The zero-order chi connectivity index (χ0) is 8.20. The van der Waals surface area contributed by atoms with Gasteiger partial charge in [-0.1, -0.05) is 11.6 Å². The van der Waals surface area contributed by atoms with Crippen molar-refractivity contribution in [1.29, 1.82) is 0 Å². The van der Waals surface area contributed by atoms with Gasteiger partial charge in [-0.05, 0) is 0 Å². The molecule has 0 rings (SSSR count). The number of carbonyl (C=O) groups excluding carboxylic acids is 1. The highest BCUT2D eigenvalue weighted by molar-refractivity contribution is 6.17. The van der Waals surface area contributed by atoms with E-state index in [9.17, 15) is 18.0 Å². The third kappa shape index (κ3) is 5.68. The van der Waals surface area contributed by atoms with Crippen LogP contribution in [0.4, 0.5) is 13.2 Å². The van der Waals surface area contributed by atoms with Crippen LogP contribution in [0.15, 0.2) is 0 Å². The van der Waals surface area contributed by atoms with Crippen molar-refractivity contribution in [2.75, 3.05) is 6.07 Å². The Kier molecular flexibility index (Phi) is 3.49. The van der Waals surface area contributed by atoms with Crippen LogP contribution in [-0.2, 0) is 9.53 Å². The molecule has 0 unspecified atom stereocenters. The van der Waals surface area contributed by atoms with E-state index in [1.165, 1.54) is 0 Å². The molecule has 0 aromatic rings. The molecule has 0 atom stereocenters. The third-order valence-corrected chi connectivity index (χ3v) is 0.669. The zero-order valence-electron chi connectivity index (χ0n) is 4.74. The van der Waals surface area contributed by atoms with Crippen LogP contribution in [0.1, 0.15) is 6.42 Å². The summed E-state index contributed by atoms with van der Waals surface area (Å²) in [6.07, 6.45) is -6.09. The first kappa shape index (κ1) is 9.55. The first-order valence-corrected chi connectivity index (χ1v) is 2.77. The summed E-state index contributed by atoms with van der Waals surface area (Å²) >= 11 is 4.81. The fourth-order valence-electron chi connectivity index (χ4n) is 0.276. The lowest BCUT2D eigenvalue weighted by Crippen LogP contribution is -2.16. The van der Waals surface area contributed by atoms with Crippen LogP contribution in [0.2, 0.25) is 0 Å². The third-order valence-electron chi connectivity index (χ3n) is 0.560. The minimum Gasteiger partial charge on any atom is -0.449 e. The maximum Gasteiger partial charge on any atom is 0.399 e. The van der Waals surface area contributed by atoms with Crippen LogP contribution in [0.25, 0.3) is 0 Å². The summed E-state index contributed by atoms with van der Waals surface area (Å²) in [6, 6.07) is -0.547. The van der Waals surface area contributed by atoms with E-state index in [0.29, 0.717) is 0 Å². The number of halogens is 4. The van der Waals surface area contributed by atoms with Gasteiger partial charge in [-0.15, -0.1) is 0 Å². The van der Waals surface area contributed by atoms with E-state index in [0.717, 1.165) is 0 Å². The first-order chi connectivity index (χ1) is 4.45. The number of esters is 1. The Morgan fingerprint density at radius 1 is 1.50 bits per heavy atom. The van der Waals surface area contributed by atoms with Gasteiger partial charge in [-0.25, -0.2) is 0 Å². The van der Waals surface area contributed by atoms with Gasteiger partial charge in [0.05, 0.1) is 0 Å². The van der Waals surface area contributed by atoms with Crippen molar-refractivity contribution < 1.29 is 22.7 Å². The number of hydrogen-bond donors (Lipinski definition) is 0. The Labute approximate surface area is 59.9 Å². The van der Waals surface area contributed by atoms with Crippen molar-refractivity contribution >= 4 is 17.6 Å². The average Bonchev–Trinajstić information content (AvgIpc) is 1.59. The summed E-state index contributed by atoms with van der Waals surface area (Å²) in [4.78, 5) is 10.0. The van der Waals surface area contributed by atoms with E-state index in [1.807, 2.05) is 0 Å². The second-order valence-electron chi connectivity index (χ2n) is 1.42. The zero-order valence-corrected chi connectivity index (χ0v) is 5.50. The molecule has 0 saturated carbocycles. The number of alkyl halides is 4. The van der Waals surface area contributed by atoms with Crippen molar-refractivity contribution in [2.45, 2.75) is 12.6 Å². The fraction of sp³-hybridized carbons (Fsp3) is 0.750. The SMILES string of the molecule is O=C(CC(F)(F)F)OCCl. The monoisotopic (exact) mass is 176 g/mol. The molecule has 0 spiro atoms. The van der Waals surface area contributed by atoms with Crippen LogP contribution in [0, 0.1) is 0 Å². The van der Waals surface area contributed by atoms with E-state index in [1.54, 1.807) is 0 Å². The Bertz CT molecular complexity index is 122. The van der Waals surface area contributed by atoms with Crippen molar-refractivity contribution in [3.8, 4) is 0 Å². The molecule has 0 aliphatic rings. The first-order valence-electron chi connectivity index (χ1n) is 2.24. The van der Waals surface area contributed by atoms with Crippen LogP contribution in [0.5, 0.6) is 0 Å². The second-order valence-corrected chi connectivity index (χ2v) is 1.64. The molecule has 0 heterocycles. The van der Waals surface area contributed by atoms with E-state index < -0.39 is 24.6 Å². The summed E-state index contributed by atoms with van der Waals surface area (Å²) in [6.45, 7) is 0. The smallest absolute Gasteiger partial charge is 0.399 e. The molecule has 10 heavy (non-hydrogen) atoms. The van der Waals surface area contributed by atoms with Crippen LogP contribution >= 0.6 is 11.6 Å². The predicted octanol–water partition coefficient (Wildman–Crippen LogP) is 1.68. The number of ether oxygens (including phenoxy) is 1. The highest BCUT2D eigenvalue weighted by Gasteiger charge is 2.31. The van der Waals surface area contributed by atoms with E-state index in [-0.39, 0.29) is 0 Å². The summed E-state index contributed by atoms with van der Waals surface area (Å²) < 4.78 is 37.7. The molecule has 60 valence electrons. The van der Waals surface area contributed by atoms with E-state index in [4.69, 9.17) is 11.6 Å². The van der Waals surface area contributed by atoms with Gasteiger partial charge in [-0.2, -0.15) is 13.2 Å². The quantitative estimate of drug-likeness (QED) is 0.473. The number of carbonyl (C=O) groups is 1. The Hall–Kier alpha value is -0.450. The minimum absolute atomic E-state index is 0.547. The van der Waals surface area contributed by atoms with Gasteiger partial charge in [0.25, 0.3) is 0 Å². The number of rotatable bonds is 2. The molecule has 6 heteroatoms. The largest absolute Gasteiger partial charge is 0.449 e. The van der Waals surface area contributed by atoms with Crippen LogP contribution < -0.4 is 0 Å². The molecule has 0 aromatic carbocycles. The molecule has 2 nitrogen and oxygen atoms in total. The molecule has 0 aliphatic heterocycles. The summed E-state index contributed by atoms with van der Waals surface area (Å²) in [5.74, 6) is -1.36. The van der Waals surface area contributed by atoms with E-state index >= 15 is 0 Å². The van der Waals surface area contributed by atoms with Crippen molar-refractivity contribution in [2.24, 2.45) is 0 Å². The van der Waals surface area contributed by atoms with Gasteiger partial charge >= 0.3 is 12.1 Å². The van der Waals surface area contributed by atoms with Crippen molar-refractivity contribution in [1.82, 2.24) is 0 Å². The minimum atomic E-state index is -4.51. The van der Waals surface area contributed by atoms with Crippen LogP contribution in [-0.4, -0.2) is 18.2 Å². The van der Waals surface area contributed by atoms with Crippen LogP contribution in [0.3, 0.4) is 0 Å². The Morgan fingerprint density at radius 2 is 2.00 bits per heavy atom.